The lowest BCUT2D eigenvalue weighted by atomic mass is 9.78. The van der Waals surface area contributed by atoms with Gasteiger partial charge in [0.2, 0.25) is 5.88 Å². The summed E-state index contributed by atoms with van der Waals surface area (Å²) in [5.74, 6) is 1.37. The molecule has 214 valence electrons. The molecule has 0 fully saturated rings. The topological polar surface area (TPSA) is 84.1 Å². The van der Waals surface area contributed by atoms with Crippen molar-refractivity contribution in [3.8, 4) is 17.6 Å². The summed E-state index contributed by atoms with van der Waals surface area (Å²) in [4.78, 5) is 6.82. The molecular weight excluding hydrogens is 508 g/mol. The fourth-order valence-electron chi connectivity index (χ4n) is 3.45. The van der Waals surface area contributed by atoms with Gasteiger partial charge in [-0.1, -0.05) is 82.6 Å². The molecule has 1 N–H and O–H groups in total. The summed E-state index contributed by atoms with van der Waals surface area (Å²) < 4.78 is 31.0. The van der Waals surface area contributed by atoms with Crippen molar-refractivity contribution in [1.29, 1.82) is 0 Å². The van der Waals surface area contributed by atoms with Gasteiger partial charge in [-0.3, -0.25) is 4.98 Å². The average molecular weight is 549 g/mol. The van der Waals surface area contributed by atoms with Crippen LogP contribution in [0.4, 0.5) is 0 Å². The molecule has 0 bridgehead atoms. The normalized spacial score (nSPS) is 10.2. The second kappa shape index (κ2) is 17.8. The molecule has 1 aromatic heterocycles. The number of nitrogens with one attached hydrogen (secondary N) is 1. The third-order valence-electron chi connectivity index (χ3n) is 5.70. The van der Waals surface area contributed by atoms with Crippen molar-refractivity contribution in [3.05, 3.63) is 117 Å². The fraction of sp³-hybridized carbons (Fsp3) is 0.281. The lowest BCUT2D eigenvalue weighted by Gasteiger charge is -2.26. The molecule has 1 heterocycles. The van der Waals surface area contributed by atoms with Crippen LogP contribution in [-0.2, 0) is 19.6 Å². The van der Waals surface area contributed by atoms with Gasteiger partial charge in [-0.15, -0.1) is 0 Å². The van der Waals surface area contributed by atoms with E-state index in [1.807, 2.05) is 18.2 Å². The largest absolute Gasteiger partial charge is 0.498 e. The SMILES string of the molecule is C=COCCOc1ccc(C(C)(C)c2ccc(C=C)cc2)cc1.C=COCCOc1cnc(OCCOC=C)[nH]1. The summed E-state index contributed by atoms with van der Waals surface area (Å²) in [5, 5.41) is 0. The number of benzene rings is 2. The van der Waals surface area contributed by atoms with Crippen LogP contribution in [0.15, 0.2) is 99.8 Å². The average Bonchev–Trinajstić information content (AvgIpc) is 3.44. The standard InChI is InChI=1S/C21H24O2.C11H16N2O4/c1-5-17-7-9-18(10-8-17)21(3,4)19-11-13-20(14-12-19)23-16-15-22-6-2;1-3-14-5-7-16-10-9-12-11(13-10)17-8-6-15-4-2/h5-14H,1-2,15-16H2,3-4H3;3-4,9H,1-2,5-8H2,(H,12,13). The summed E-state index contributed by atoms with van der Waals surface area (Å²) in [6.45, 7) is 21.3. The fourth-order valence-corrected chi connectivity index (χ4v) is 3.45. The van der Waals surface area contributed by atoms with E-state index in [-0.39, 0.29) is 5.41 Å². The lowest BCUT2D eigenvalue weighted by Crippen LogP contribution is -2.18. The van der Waals surface area contributed by atoms with Crippen LogP contribution < -0.4 is 14.2 Å². The Bertz CT molecular complexity index is 1120. The first-order valence-electron chi connectivity index (χ1n) is 12.9. The van der Waals surface area contributed by atoms with Gasteiger partial charge in [0.05, 0.1) is 25.0 Å². The Kier molecular flexibility index (Phi) is 14.1. The van der Waals surface area contributed by atoms with Crippen LogP contribution in [0, 0.1) is 0 Å². The Morgan fingerprint density at radius 2 is 1.18 bits per heavy atom. The van der Waals surface area contributed by atoms with Crippen molar-refractivity contribution in [2.75, 3.05) is 39.6 Å². The highest BCUT2D eigenvalue weighted by atomic mass is 16.5. The maximum absolute atomic E-state index is 5.63. The van der Waals surface area contributed by atoms with Crippen LogP contribution in [0.3, 0.4) is 0 Å². The number of hydrogen-bond donors (Lipinski definition) is 1. The Morgan fingerprint density at radius 1 is 0.675 bits per heavy atom. The van der Waals surface area contributed by atoms with E-state index < -0.39 is 0 Å². The summed E-state index contributed by atoms with van der Waals surface area (Å²) in [6, 6.07) is 17.1. The van der Waals surface area contributed by atoms with Gasteiger partial charge in [-0.2, -0.15) is 4.98 Å². The zero-order valence-corrected chi connectivity index (χ0v) is 23.5. The first-order chi connectivity index (χ1) is 19.4. The molecular formula is C32H40N2O6. The maximum atomic E-state index is 5.63. The van der Waals surface area contributed by atoms with Gasteiger partial charge < -0.3 is 28.4 Å². The monoisotopic (exact) mass is 548 g/mol. The molecule has 0 spiro atoms. The minimum Gasteiger partial charge on any atom is -0.498 e. The van der Waals surface area contributed by atoms with Gasteiger partial charge >= 0.3 is 0 Å². The van der Waals surface area contributed by atoms with Crippen LogP contribution >= 0.6 is 0 Å². The zero-order chi connectivity index (χ0) is 29.1. The van der Waals surface area contributed by atoms with Crippen molar-refractivity contribution in [2.45, 2.75) is 19.3 Å². The number of aromatic nitrogens is 2. The third-order valence-corrected chi connectivity index (χ3v) is 5.70. The summed E-state index contributed by atoms with van der Waals surface area (Å²) in [7, 11) is 0. The van der Waals surface area contributed by atoms with Gasteiger partial charge in [0.1, 0.15) is 45.4 Å². The smallest absolute Gasteiger partial charge is 0.296 e. The van der Waals surface area contributed by atoms with E-state index in [4.69, 9.17) is 28.4 Å². The van der Waals surface area contributed by atoms with E-state index in [2.05, 4.69) is 86.5 Å². The van der Waals surface area contributed by atoms with E-state index in [1.165, 1.54) is 36.1 Å². The zero-order valence-electron chi connectivity index (χ0n) is 23.5. The van der Waals surface area contributed by atoms with Gasteiger partial charge in [0, 0.05) is 5.41 Å². The van der Waals surface area contributed by atoms with Crippen LogP contribution in [0.5, 0.6) is 17.6 Å². The molecule has 40 heavy (non-hydrogen) atoms. The highest BCUT2D eigenvalue weighted by molar-refractivity contribution is 5.49. The number of H-pyrrole nitrogens is 1. The summed E-state index contributed by atoms with van der Waals surface area (Å²) in [6.07, 6.45) is 7.55. The minimum absolute atomic E-state index is 0.0653. The van der Waals surface area contributed by atoms with Crippen molar-refractivity contribution >= 4 is 6.08 Å². The molecule has 0 radical (unpaired) electrons. The van der Waals surface area contributed by atoms with E-state index in [9.17, 15) is 0 Å². The second-order valence-corrected chi connectivity index (χ2v) is 8.69. The van der Waals surface area contributed by atoms with Crippen LogP contribution in [0.1, 0.15) is 30.5 Å². The van der Waals surface area contributed by atoms with Crippen LogP contribution in [0.2, 0.25) is 0 Å². The van der Waals surface area contributed by atoms with Crippen molar-refractivity contribution < 1.29 is 28.4 Å². The predicted molar refractivity (Wildman–Crippen MR) is 159 cm³/mol. The first-order valence-corrected chi connectivity index (χ1v) is 12.9. The number of imidazole rings is 1. The Balaban J connectivity index is 0.000000294. The quantitative estimate of drug-likeness (QED) is 0.140. The molecule has 2 aromatic carbocycles. The van der Waals surface area contributed by atoms with Gasteiger partial charge in [0.15, 0.2) is 0 Å². The predicted octanol–water partition coefficient (Wildman–Crippen LogP) is 6.68. The Labute approximate surface area is 237 Å². The van der Waals surface area contributed by atoms with Gasteiger partial charge in [0.25, 0.3) is 6.01 Å². The first kappa shape index (κ1) is 31.6. The molecule has 0 atom stereocenters. The molecule has 0 aliphatic heterocycles. The molecule has 8 nitrogen and oxygen atoms in total. The highest BCUT2D eigenvalue weighted by Crippen LogP contribution is 2.32. The minimum atomic E-state index is -0.0653. The lowest BCUT2D eigenvalue weighted by molar-refractivity contribution is 0.168. The van der Waals surface area contributed by atoms with Crippen LogP contribution in [-0.4, -0.2) is 49.6 Å². The molecule has 0 saturated carbocycles. The maximum Gasteiger partial charge on any atom is 0.296 e. The summed E-state index contributed by atoms with van der Waals surface area (Å²) in [5.41, 5.74) is 3.59. The number of hydrogen-bond acceptors (Lipinski definition) is 7. The van der Waals surface area contributed by atoms with Crippen molar-refractivity contribution in [3.63, 3.8) is 0 Å². The third kappa shape index (κ3) is 11.0. The van der Waals surface area contributed by atoms with E-state index in [0.717, 1.165) is 11.3 Å². The van der Waals surface area contributed by atoms with E-state index in [1.54, 1.807) is 0 Å². The molecule has 0 aliphatic carbocycles. The van der Waals surface area contributed by atoms with E-state index >= 15 is 0 Å². The number of ether oxygens (including phenoxy) is 6. The number of nitrogens with zero attached hydrogens (tertiary/aromatic N) is 1. The molecule has 0 amide bonds. The van der Waals surface area contributed by atoms with Crippen molar-refractivity contribution in [2.24, 2.45) is 0 Å². The molecule has 0 saturated heterocycles. The van der Waals surface area contributed by atoms with E-state index in [0.29, 0.717) is 51.5 Å². The van der Waals surface area contributed by atoms with Gasteiger partial charge in [-0.25, -0.2) is 0 Å². The summed E-state index contributed by atoms with van der Waals surface area (Å²) >= 11 is 0. The van der Waals surface area contributed by atoms with Crippen molar-refractivity contribution in [1.82, 2.24) is 9.97 Å². The molecule has 3 rings (SSSR count). The number of aromatic amines is 1. The second-order valence-electron chi connectivity index (χ2n) is 8.69. The Hall–Kier alpha value is -4.59. The van der Waals surface area contributed by atoms with Crippen LogP contribution in [0.25, 0.3) is 6.08 Å². The van der Waals surface area contributed by atoms with Gasteiger partial charge in [-0.05, 0) is 28.8 Å². The molecule has 3 aromatic rings. The Morgan fingerprint density at radius 3 is 1.70 bits per heavy atom. The highest BCUT2D eigenvalue weighted by Gasteiger charge is 2.22. The molecule has 0 aliphatic rings. The molecule has 0 unspecified atom stereocenters. The molecule has 8 heteroatoms. The number of rotatable bonds is 18.